The van der Waals surface area contributed by atoms with Crippen LogP contribution in [0.15, 0.2) is 12.3 Å². The highest BCUT2D eigenvalue weighted by Crippen LogP contribution is 2.17. The van der Waals surface area contributed by atoms with Crippen molar-refractivity contribution in [1.82, 2.24) is 10.3 Å². The van der Waals surface area contributed by atoms with Gasteiger partial charge in [-0.2, -0.15) is 0 Å². The van der Waals surface area contributed by atoms with Crippen LogP contribution in [-0.4, -0.2) is 34.9 Å². The fraction of sp³-hybridized carbons (Fsp3) is 0.364. The first-order valence-electron chi connectivity index (χ1n) is 5.79. The van der Waals surface area contributed by atoms with E-state index in [2.05, 4.69) is 10.3 Å². The molecule has 0 saturated carbocycles. The zero-order valence-electron chi connectivity index (χ0n) is 10.8. The van der Waals surface area contributed by atoms with Crippen molar-refractivity contribution < 1.29 is 19.2 Å². The second-order valence-electron chi connectivity index (χ2n) is 3.81. The standard InChI is InChI=1S/C11H14N4O5/c1-2-3-13-9(16)6-20-11(17)8-4-7(15(18)19)5-14-10(8)12/h4-5H,2-3,6H2,1H3,(H2,12,14)(H,13,16). The summed E-state index contributed by atoms with van der Waals surface area (Å²) in [5.74, 6) is -1.60. The number of amides is 1. The Morgan fingerprint density at radius 3 is 2.85 bits per heavy atom. The molecule has 1 amide bonds. The van der Waals surface area contributed by atoms with E-state index in [0.29, 0.717) is 6.54 Å². The maximum absolute atomic E-state index is 11.7. The molecule has 0 aliphatic heterocycles. The lowest BCUT2D eigenvalue weighted by atomic mass is 10.2. The Balaban J connectivity index is 2.70. The molecule has 0 aliphatic rings. The predicted octanol–water partition coefficient (Wildman–Crippen LogP) is 0.255. The van der Waals surface area contributed by atoms with Crippen LogP contribution in [0.1, 0.15) is 23.7 Å². The van der Waals surface area contributed by atoms with Crippen LogP contribution < -0.4 is 11.1 Å². The van der Waals surface area contributed by atoms with Crippen LogP contribution in [0, 0.1) is 10.1 Å². The number of carbonyl (C=O) groups excluding carboxylic acids is 2. The Kier molecular flexibility index (Phi) is 5.39. The molecule has 1 rings (SSSR count). The van der Waals surface area contributed by atoms with Crippen molar-refractivity contribution in [2.75, 3.05) is 18.9 Å². The normalized spacial score (nSPS) is 9.85. The van der Waals surface area contributed by atoms with Crippen LogP contribution in [0.25, 0.3) is 0 Å². The van der Waals surface area contributed by atoms with Crippen molar-refractivity contribution in [3.05, 3.63) is 27.9 Å². The molecule has 1 aromatic heterocycles. The highest BCUT2D eigenvalue weighted by atomic mass is 16.6. The van der Waals surface area contributed by atoms with Crippen molar-refractivity contribution in [1.29, 1.82) is 0 Å². The Morgan fingerprint density at radius 1 is 1.55 bits per heavy atom. The summed E-state index contributed by atoms with van der Waals surface area (Å²) in [5.41, 5.74) is 4.81. The zero-order valence-corrected chi connectivity index (χ0v) is 10.8. The first-order chi connectivity index (χ1) is 9.45. The number of carbonyl (C=O) groups is 2. The fourth-order valence-electron chi connectivity index (χ4n) is 1.25. The molecular weight excluding hydrogens is 268 g/mol. The van der Waals surface area contributed by atoms with E-state index in [-0.39, 0.29) is 17.1 Å². The van der Waals surface area contributed by atoms with Gasteiger partial charge in [-0.05, 0) is 6.42 Å². The Morgan fingerprint density at radius 2 is 2.25 bits per heavy atom. The van der Waals surface area contributed by atoms with Crippen molar-refractivity contribution in [3.63, 3.8) is 0 Å². The summed E-state index contributed by atoms with van der Waals surface area (Å²) in [7, 11) is 0. The Labute approximate surface area is 114 Å². The van der Waals surface area contributed by atoms with Crippen molar-refractivity contribution in [3.8, 4) is 0 Å². The van der Waals surface area contributed by atoms with Gasteiger partial charge in [-0.15, -0.1) is 0 Å². The number of pyridine rings is 1. The number of nitrogens with zero attached hydrogens (tertiary/aromatic N) is 2. The number of nitrogen functional groups attached to an aromatic ring is 1. The summed E-state index contributed by atoms with van der Waals surface area (Å²) in [5, 5.41) is 13.1. The largest absolute Gasteiger partial charge is 0.452 e. The van der Waals surface area contributed by atoms with Crippen LogP contribution in [0.2, 0.25) is 0 Å². The minimum atomic E-state index is -0.939. The van der Waals surface area contributed by atoms with E-state index < -0.39 is 23.4 Å². The molecule has 0 bridgehead atoms. The summed E-state index contributed by atoms with van der Waals surface area (Å²) in [6.07, 6.45) is 1.68. The molecule has 9 nitrogen and oxygen atoms in total. The molecule has 1 heterocycles. The third kappa shape index (κ3) is 4.19. The van der Waals surface area contributed by atoms with Gasteiger partial charge in [0.2, 0.25) is 0 Å². The summed E-state index contributed by atoms with van der Waals surface area (Å²) in [4.78, 5) is 36.3. The molecule has 108 valence electrons. The molecule has 0 fully saturated rings. The average Bonchev–Trinajstić information content (AvgIpc) is 2.42. The molecule has 9 heteroatoms. The first-order valence-corrected chi connectivity index (χ1v) is 5.79. The van der Waals surface area contributed by atoms with Gasteiger partial charge in [-0.3, -0.25) is 14.9 Å². The molecule has 0 aliphatic carbocycles. The van der Waals surface area contributed by atoms with E-state index in [9.17, 15) is 19.7 Å². The van der Waals surface area contributed by atoms with Crippen molar-refractivity contribution in [2.24, 2.45) is 0 Å². The number of nitro groups is 1. The lowest BCUT2D eigenvalue weighted by Crippen LogP contribution is -2.29. The molecule has 0 unspecified atom stereocenters. The number of ether oxygens (including phenoxy) is 1. The van der Waals surface area contributed by atoms with Crippen molar-refractivity contribution >= 4 is 23.4 Å². The van der Waals surface area contributed by atoms with Gasteiger partial charge in [0.05, 0.1) is 4.92 Å². The topological polar surface area (TPSA) is 137 Å². The third-order valence-corrected chi connectivity index (χ3v) is 2.24. The molecule has 0 radical (unpaired) electrons. The van der Waals surface area contributed by atoms with E-state index in [1.165, 1.54) is 0 Å². The molecule has 3 N–H and O–H groups in total. The molecular formula is C11H14N4O5. The summed E-state index contributed by atoms with van der Waals surface area (Å²) in [6.45, 7) is 1.86. The van der Waals surface area contributed by atoms with E-state index in [4.69, 9.17) is 10.5 Å². The number of esters is 1. The number of hydrogen-bond donors (Lipinski definition) is 2. The quantitative estimate of drug-likeness (QED) is 0.433. The Bertz CT molecular complexity index is 532. The second-order valence-corrected chi connectivity index (χ2v) is 3.81. The monoisotopic (exact) mass is 282 g/mol. The predicted molar refractivity (Wildman–Crippen MR) is 68.9 cm³/mol. The van der Waals surface area contributed by atoms with Gasteiger partial charge in [0.1, 0.15) is 17.6 Å². The van der Waals surface area contributed by atoms with Gasteiger partial charge in [-0.1, -0.05) is 6.92 Å². The number of nitrogens with two attached hydrogens (primary N) is 1. The van der Waals surface area contributed by atoms with Gasteiger partial charge < -0.3 is 15.8 Å². The Hall–Kier alpha value is -2.71. The highest BCUT2D eigenvalue weighted by Gasteiger charge is 2.18. The van der Waals surface area contributed by atoms with Crippen LogP contribution >= 0.6 is 0 Å². The van der Waals surface area contributed by atoms with E-state index in [1.807, 2.05) is 6.92 Å². The van der Waals surface area contributed by atoms with Gasteiger partial charge in [0.25, 0.3) is 11.6 Å². The van der Waals surface area contributed by atoms with Crippen LogP contribution in [0.4, 0.5) is 11.5 Å². The number of nitrogens with one attached hydrogen (secondary N) is 1. The summed E-state index contributed by atoms with van der Waals surface area (Å²) in [6, 6.07) is 0.953. The summed E-state index contributed by atoms with van der Waals surface area (Å²) < 4.78 is 4.71. The second kappa shape index (κ2) is 7.02. The minimum Gasteiger partial charge on any atom is -0.452 e. The maximum atomic E-state index is 11.7. The highest BCUT2D eigenvalue weighted by molar-refractivity contribution is 5.95. The van der Waals surface area contributed by atoms with Gasteiger partial charge in [0.15, 0.2) is 6.61 Å². The minimum absolute atomic E-state index is 0.199. The van der Waals surface area contributed by atoms with Crippen LogP contribution in [0.3, 0.4) is 0 Å². The number of hydrogen-bond acceptors (Lipinski definition) is 7. The van der Waals surface area contributed by atoms with Crippen molar-refractivity contribution in [2.45, 2.75) is 13.3 Å². The average molecular weight is 282 g/mol. The lowest BCUT2D eigenvalue weighted by molar-refractivity contribution is -0.385. The molecule has 1 aromatic rings. The van der Waals surface area contributed by atoms with E-state index >= 15 is 0 Å². The number of rotatable bonds is 6. The maximum Gasteiger partial charge on any atom is 0.342 e. The van der Waals surface area contributed by atoms with Gasteiger partial charge in [0, 0.05) is 12.6 Å². The SMILES string of the molecule is CCCNC(=O)COC(=O)c1cc([N+](=O)[O-])cnc1N. The van der Waals surface area contributed by atoms with E-state index in [0.717, 1.165) is 18.7 Å². The molecule has 0 spiro atoms. The van der Waals surface area contributed by atoms with Crippen LogP contribution in [-0.2, 0) is 9.53 Å². The molecule has 20 heavy (non-hydrogen) atoms. The third-order valence-electron chi connectivity index (χ3n) is 2.24. The molecule has 0 atom stereocenters. The molecule has 0 saturated heterocycles. The number of aromatic nitrogens is 1. The van der Waals surface area contributed by atoms with Gasteiger partial charge in [-0.25, -0.2) is 9.78 Å². The first kappa shape index (κ1) is 15.3. The zero-order chi connectivity index (χ0) is 15.1. The summed E-state index contributed by atoms with van der Waals surface area (Å²) >= 11 is 0. The molecule has 0 aromatic carbocycles. The lowest BCUT2D eigenvalue weighted by Gasteiger charge is -2.06. The number of anilines is 1. The smallest absolute Gasteiger partial charge is 0.342 e. The fourth-order valence-corrected chi connectivity index (χ4v) is 1.25. The van der Waals surface area contributed by atoms with Crippen LogP contribution in [0.5, 0.6) is 0 Å². The van der Waals surface area contributed by atoms with E-state index in [1.54, 1.807) is 0 Å². The van der Waals surface area contributed by atoms with Gasteiger partial charge >= 0.3 is 5.97 Å².